The molecule has 0 heterocycles. The van der Waals surface area contributed by atoms with Gasteiger partial charge >= 0.3 is 0 Å². The van der Waals surface area contributed by atoms with E-state index in [1.54, 1.807) is 6.92 Å². The third kappa shape index (κ3) is 2.95. The fraction of sp³-hybridized carbons (Fsp3) is 0.0625. The first-order valence-corrected chi connectivity index (χ1v) is 6.29. The number of hydrogen-bond acceptors (Lipinski definition) is 6. The van der Waals surface area contributed by atoms with Crippen molar-refractivity contribution in [2.75, 3.05) is 0 Å². The van der Waals surface area contributed by atoms with Gasteiger partial charge in [-0.1, -0.05) is 0 Å². The van der Waals surface area contributed by atoms with Crippen molar-refractivity contribution < 1.29 is 30.3 Å². The fourth-order valence-electron chi connectivity index (χ4n) is 1.96. The summed E-state index contributed by atoms with van der Waals surface area (Å²) in [5, 5.41) is 47.6. The Kier molecular flexibility index (Phi) is 3.94. The van der Waals surface area contributed by atoms with E-state index in [4.69, 9.17) is 0 Å². The maximum absolute atomic E-state index is 12.1. The molecule has 0 fully saturated rings. The van der Waals surface area contributed by atoms with E-state index in [1.165, 1.54) is 12.1 Å². The molecule has 22 heavy (non-hydrogen) atoms. The van der Waals surface area contributed by atoms with Gasteiger partial charge in [0, 0.05) is 17.2 Å². The van der Waals surface area contributed by atoms with Crippen LogP contribution in [-0.4, -0.2) is 31.3 Å². The van der Waals surface area contributed by atoms with Gasteiger partial charge in [-0.15, -0.1) is 0 Å². The number of carbonyl (C=O) groups excluding carboxylic acids is 1. The summed E-state index contributed by atoms with van der Waals surface area (Å²) in [4.78, 5) is 12.1. The summed E-state index contributed by atoms with van der Waals surface area (Å²) in [5.74, 6) is -2.74. The van der Waals surface area contributed by atoms with Gasteiger partial charge < -0.3 is 25.5 Å². The van der Waals surface area contributed by atoms with Crippen molar-refractivity contribution in [2.45, 2.75) is 6.92 Å². The number of ketones is 1. The lowest BCUT2D eigenvalue weighted by Gasteiger charge is -2.07. The van der Waals surface area contributed by atoms with Crippen LogP contribution in [0.25, 0.3) is 6.08 Å². The van der Waals surface area contributed by atoms with Crippen molar-refractivity contribution in [1.29, 1.82) is 0 Å². The average molecular weight is 302 g/mol. The zero-order valence-electron chi connectivity index (χ0n) is 11.6. The highest BCUT2D eigenvalue weighted by Crippen LogP contribution is 2.30. The lowest BCUT2D eigenvalue weighted by molar-refractivity contribution is 0.0980. The predicted octanol–water partition coefficient (Wildman–Crippen LogP) is 2.60. The van der Waals surface area contributed by atoms with E-state index in [1.807, 2.05) is 0 Å². The average Bonchev–Trinajstić information content (AvgIpc) is 2.44. The largest absolute Gasteiger partial charge is 0.508 e. The molecule has 0 bridgehead atoms. The number of carbonyl (C=O) groups is 1. The van der Waals surface area contributed by atoms with Crippen LogP contribution in [0.3, 0.4) is 0 Å². The smallest absolute Gasteiger partial charge is 0.227 e. The van der Waals surface area contributed by atoms with Crippen LogP contribution in [0.5, 0.6) is 23.0 Å². The summed E-state index contributed by atoms with van der Waals surface area (Å²) in [5.41, 5.74) is 0.622. The molecule has 0 unspecified atom stereocenters. The first kappa shape index (κ1) is 15.2. The van der Waals surface area contributed by atoms with Crippen molar-refractivity contribution in [3.8, 4) is 23.0 Å². The zero-order chi connectivity index (χ0) is 16.4. The number of phenolic OH excluding ortho intramolecular Hbond substituents is 4. The third-order valence-electron chi connectivity index (χ3n) is 3.10. The molecule has 0 aromatic heterocycles. The van der Waals surface area contributed by atoms with Crippen molar-refractivity contribution in [3.63, 3.8) is 0 Å². The number of aliphatic hydroxyl groups is 1. The Morgan fingerprint density at radius 1 is 0.955 bits per heavy atom. The standard InChI is InChI=1S/C16H14O6/c1-8-4-10(17)6-13(19)11(8)7-15(21)16(22)9-2-3-12(18)14(20)5-9/h2-7,17-21H,1H3/b15-7+. The molecule has 0 radical (unpaired) electrons. The highest BCUT2D eigenvalue weighted by atomic mass is 16.3. The molecule has 6 nitrogen and oxygen atoms in total. The monoisotopic (exact) mass is 302 g/mol. The summed E-state index contributed by atoms with van der Waals surface area (Å²) >= 11 is 0. The van der Waals surface area contributed by atoms with Crippen LogP contribution in [0.2, 0.25) is 0 Å². The van der Waals surface area contributed by atoms with Crippen LogP contribution >= 0.6 is 0 Å². The van der Waals surface area contributed by atoms with Gasteiger partial charge in [-0.05, 0) is 42.8 Å². The van der Waals surface area contributed by atoms with Gasteiger partial charge in [0.1, 0.15) is 11.5 Å². The Labute approximate surface area is 125 Å². The first-order chi connectivity index (χ1) is 10.3. The summed E-state index contributed by atoms with van der Waals surface area (Å²) in [7, 11) is 0. The summed E-state index contributed by atoms with van der Waals surface area (Å²) in [6.07, 6.45) is 1.07. The van der Waals surface area contributed by atoms with Gasteiger partial charge in [0.25, 0.3) is 0 Å². The van der Waals surface area contributed by atoms with Crippen molar-refractivity contribution in [1.82, 2.24) is 0 Å². The summed E-state index contributed by atoms with van der Waals surface area (Å²) in [6.45, 7) is 1.59. The van der Waals surface area contributed by atoms with Gasteiger partial charge in [0.2, 0.25) is 5.78 Å². The zero-order valence-corrected chi connectivity index (χ0v) is 11.6. The molecular formula is C16H14O6. The van der Waals surface area contributed by atoms with E-state index in [-0.39, 0.29) is 28.4 Å². The predicted molar refractivity (Wildman–Crippen MR) is 79.2 cm³/mol. The van der Waals surface area contributed by atoms with Crippen molar-refractivity contribution in [3.05, 3.63) is 52.8 Å². The second-order valence-corrected chi connectivity index (χ2v) is 4.76. The van der Waals surface area contributed by atoms with Crippen LogP contribution in [-0.2, 0) is 0 Å². The number of Topliss-reactive ketones (excluding diaryl/α,β-unsaturated/α-hetero) is 1. The number of rotatable bonds is 3. The number of hydrogen-bond donors (Lipinski definition) is 5. The van der Waals surface area contributed by atoms with Crippen LogP contribution in [0.4, 0.5) is 0 Å². The molecule has 2 aromatic carbocycles. The van der Waals surface area contributed by atoms with Gasteiger partial charge in [0.15, 0.2) is 17.3 Å². The molecule has 0 atom stereocenters. The molecule has 114 valence electrons. The second-order valence-electron chi connectivity index (χ2n) is 4.76. The third-order valence-corrected chi connectivity index (χ3v) is 3.10. The fourth-order valence-corrected chi connectivity index (χ4v) is 1.96. The second kappa shape index (κ2) is 5.69. The highest BCUT2D eigenvalue weighted by Gasteiger charge is 2.15. The van der Waals surface area contributed by atoms with Crippen LogP contribution in [0.1, 0.15) is 21.5 Å². The van der Waals surface area contributed by atoms with E-state index >= 15 is 0 Å². The number of aryl methyl sites for hydroxylation is 1. The molecule has 5 N–H and O–H groups in total. The van der Waals surface area contributed by atoms with Crippen molar-refractivity contribution in [2.24, 2.45) is 0 Å². The van der Waals surface area contributed by atoms with E-state index in [2.05, 4.69) is 0 Å². The Bertz CT molecular complexity index is 753. The molecule has 2 rings (SSSR count). The molecule has 0 aliphatic rings. The van der Waals surface area contributed by atoms with E-state index < -0.39 is 17.3 Å². The number of aliphatic hydroxyl groups excluding tert-OH is 1. The van der Waals surface area contributed by atoms with Crippen molar-refractivity contribution >= 4 is 11.9 Å². The maximum atomic E-state index is 12.1. The van der Waals surface area contributed by atoms with Gasteiger partial charge in [0.05, 0.1) is 0 Å². The quantitative estimate of drug-likeness (QED) is 0.257. The minimum absolute atomic E-state index is 0.0278. The minimum atomic E-state index is -0.790. The van der Waals surface area contributed by atoms with Crippen LogP contribution in [0.15, 0.2) is 36.1 Å². The normalized spacial score (nSPS) is 11.4. The Morgan fingerprint density at radius 3 is 2.23 bits per heavy atom. The summed E-state index contributed by atoms with van der Waals surface area (Å²) < 4.78 is 0. The summed E-state index contributed by atoms with van der Waals surface area (Å²) in [6, 6.07) is 5.84. The van der Waals surface area contributed by atoms with E-state index in [9.17, 15) is 30.3 Å². The Morgan fingerprint density at radius 2 is 1.64 bits per heavy atom. The van der Waals surface area contributed by atoms with Gasteiger partial charge in [-0.2, -0.15) is 0 Å². The lowest BCUT2D eigenvalue weighted by atomic mass is 10.0. The molecule has 0 spiro atoms. The first-order valence-electron chi connectivity index (χ1n) is 6.29. The maximum Gasteiger partial charge on any atom is 0.227 e. The topological polar surface area (TPSA) is 118 Å². The molecular weight excluding hydrogens is 288 g/mol. The molecule has 0 saturated heterocycles. The van der Waals surface area contributed by atoms with Crippen LogP contribution < -0.4 is 0 Å². The lowest BCUT2D eigenvalue weighted by Crippen LogP contribution is -2.03. The van der Waals surface area contributed by atoms with E-state index in [0.717, 1.165) is 24.3 Å². The Balaban J connectivity index is 2.40. The Hall–Kier alpha value is -3.15. The number of phenols is 4. The highest BCUT2D eigenvalue weighted by molar-refractivity contribution is 6.10. The van der Waals surface area contributed by atoms with Gasteiger partial charge in [-0.25, -0.2) is 0 Å². The molecule has 0 aliphatic carbocycles. The molecule has 6 heteroatoms. The number of allylic oxidation sites excluding steroid dienone is 1. The SMILES string of the molecule is Cc1cc(O)cc(O)c1/C=C(/O)C(=O)c1ccc(O)c(O)c1. The van der Waals surface area contributed by atoms with Gasteiger partial charge in [-0.3, -0.25) is 4.79 Å². The van der Waals surface area contributed by atoms with Crippen LogP contribution in [0, 0.1) is 6.92 Å². The number of aromatic hydroxyl groups is 4. The molecule has 2 aromatic rings. The van der Waals surface area contributed by atoms with E-state index in [0.29, 0.717) is 5.56 Å². The number of benzene rings is 2. The minimum Gasteiger partial charge on any atom is -0.508 e. The molecule has 0 saturated carbocycles. The molecule has 0 amide bonds. The molecule has 0 aliphatic heterocycles.